The molecule has 0 aromatic heterocycles. The largest absolute Gasteiger partial charge is 0.872 e. The van der Waals surface area contributed by atoms with Gasteiger partial charge in [0, 0.05) is 18.5 Å². The van der Waals surface area contributed by atoms with E-state index in [2.05, 4.69) is 13.8 Å². The molecule has 1 N–H and O–H groups in total. The number of benzene rings is 2. The second kappa shape index (κ2) is 12.1. The zero-order valence-corrected chi connectivity index (χ0v) is 21.9. The minimum Gasteiger partial charge on any atom is -0.872 e. The minimum atomic E-state index is -0.780. The highest BCUT2D eigenvalue weighted by molar-refractivity contribution is 6.46. The van der Waals surface area contributed by atoms with Crippen LogP contribution in [0.4, 0.5) is 0 Å². The molecule has 4 rings (SSSR count). The van der Waals surface area contributed by atoms with Gasteiger partial charge < -0.3 is 29.1 Å². The first kappa shape index (κ1) is 26.5. The van der Waals surface area contributed by atoms with Gasteiger partial charge in [0.2, 0.25) is 5.78 Å². The Labute approximate surface area is 218 Å². The van der Waals surface area contributed by atoms with Crippen molar-refractivity contribution in [2.45, 2.75) is 39.7 Å². The lowest BCUT2D eigenvalue weighted by atomic mass is 9.95. The molecule has 1 unspecified atom stereocenters. The quantitative estimate of drug-likeness (QED) is 0.283. The zero-order valence-electron chi connectivity index (χ0n) is 21.9. The number of quaternary nitrogens is 1. The third kappa shape index (κ3) is 5.74. The third-order valence-electron chi connectivity index (χ3n) is 6.91. The maximum absolute atomic E-state index is 13.8. The zero-order chi connectivity index (χ0) is 26.4. The lowest BCUT2D eigenvalue weighted by molar-refractivity contribution is -0.896. The predicted molar refractivity (Wildman–Crippen MR) is 138 cm³/mol. The van der Waals surface area contributed by atoms with Crippen molar-refractivity contribution in [2.75, 3.05) is 46.0 Å². The number of hydrogen-bond donors (Lipinski definition) is 1. The minimum absolute atomic E-state index is 0.0375. The van der Waals surface area contributed by atoms with Crippen LogP contribution in [-0.4, -0.2) is 62.6 Å². The van der Waals surface area contributed by atoms with E-state index < -0.39 is 23.5 Å². The van der Waals surface area contributed by atoms with Gasteiger partial charge in [-0.1, -0.05) is 30.9 Å². The maximum Gasteiger partial charge on any atom is 0.295 e. The van der Waals surface area contributed by atoms with Crippen molar-refractivity contribution < 1.29 is 33.8 Å². The summed E-state index contributed by atoms with van der Waals surface area (Å²) in [7, 11) is 0. The second-order valence-electron chi connectivity index (χ2n) is 9.31. The Bertz CT molecular complexity index is 1160. The van der Waals surface area contributed by atoms with E-state index in [9.17, 15) is 14.7 Å². The molecule has 0 spiro atoms. The van der Waals surface area contributed by atoms with Crippen molar-refractivity contribution in [3.63, 3.8) is 0 Å². The number of Topliss-reactive ketones (excluding diaryl/α,β-unsaturated/α-hetero) is 1. The molecule has 0 aliphatic carbocycles. The Morgan fingerprint density at radius 3 is 2.54 bits per heavy atom. The highest BCUT2D eigenvalue weighted by Gasteiger charge is 2.44. The Morgan fingerprint density at radius 1 is 1.05 bits per heavy atom. The van der Waals surface area contributed by atoms with E-state index in [0.29, 0.717) is 54.7 Å². The highest BCUT2D eigenvalue weighted by Crippen LogP contribution is 2.41. The van der Waals surface area contributed by atoms with Gasteiger partial charge in [0.15, 0.2) is 11.5 Å². The van der Waals surface area contributed by atoms with E-state index in [1.54, 1.807) is 23.1 Å². The van der Waals surface area contributed by atoms with Crippen LogP contribution >= 0.6 is 0 Å². The van der Waals surface area contributed by atoms with Gasteiger partial charge in [-0.3, -0.25) is 9.59 Å². The Balaban J connectivity index is 1.74. The van der Waals surface area contributed by atoms with E-state index in [4.69, 9.17) is 14.2 Å². The third-order valence-corrected chi connectivity index (χ3v) is 6.91. The maximum atomic E-state index is 13.8. The molecule has 1 saturated heterocycles. The van der Waals surface area contributed by atoms with Crippen LogP contribution in [0.1, 0.15) is 50.8 Å². The Hall–Kier alpha value is -3.52. The normalized spacial score (nSPS) is 18.5. The number of carbonyl (C=O) groups is 2. The second-order valence-corrected chi connectivity index (χ2v) is 9.31. The van der Waals surface area contributed by atoms with Gasteiger partial charge in [-0.15, -0.1) is 0 Å². The Kier molecular flexibility index (Phi) is 8.71. The van der Waals surface area contributed by atoms with Gasteiger partial charge in [0.05, 0.1) is 32.3 Å². The van der Waals surface area contributed by atoms with Crippen LogP contribution in [0.15, 0.2) is 48.0 Å². The fraction of sp³-hybridized carbons (Fsp3) is 0.448. The van der Waals surface area contributed by atoms with Crippen LogP contribution < -0.4 is 24.2 Å². The van der Waals surface area contributed by atoms with Crippen LogP contribution in [0.25, 0.3) is 5.76 Å². The van der Waals surface area contributed by atoms with E-state index >= 15 is 0 Å². The average Bonchev–Trinajstić information content (AvgIpc) is 3.18. The van der Waals surface area contributed by atoms with E-state index in [-0.39, 0.29) is 5.57 Å². The number of ether oxygens (including phenoxy) is 3. The molecular weight excluding hydrogens is 472 g/mol. The summed E-state index contributed by atoms with van der Waals surface area (Å²) in [4.78, 5) is 29.6. The molecule has 0 radical (unpaired) electrons. The summed E-state index contributed by atoms with van der Waals surface area (Å²) in [5.41, 5.74) is 0.937. The number of amides is 1. The molecule has 2 aromatic rings. The van der Waals surface area contributed by atoms with Gasteiger partial charge in [-0.2, -0.15) is 0 Å². The molecule has 2 heterocycles. The molecule has 8 heteroatoms. The Morgan fingerprint density at radius 2 is 1.81 bits per heavy atom. The molecule has 2 aliphatic rings. The number of nitrogens with zero attached hydrogens (tertiary/aromatic N) is 1. The molecule has 198 valence electrons. The first-order valence-electron chi connectivity index (χ1n) is 13.2. The topological polar surface area (TPSA) is 92.6 Å². The average molecular weight is 509 g/mol. The number of fused-ring (bicyclic) bond motifs is 1. The lowest BCUT2D eigenvalue weighted by Crippen LogP contribution is -3.11. The molecule has 37 heavy (non-hydrogen) atoms. The van der Waals surface area contributed by atoms with Crippen molar-refractivity contribution in [3.8, 4) is 17.2 Å². The van der Waals surface area contributed by atoms with E-state index in [0.717, 1.165) is 32.5 Å². The summed E-state index contributed by atoms with van der Waals surface area (Å²) < 4.78 is 17.0. The highest BCUT2D eigenvalue weighted by atomic mass is 16.6. The number of likely N-dealkylation sites (tertiary alicyclic amines) is 1. The fourth-order valence-corrected chi connectivity index (χ4v) is 4.88. The van der Waals surface area contributed by atoms with Crippen LogP contribution in [-0.2, 0) is 9.59 Å². The number of hydrogen-bond acceptors (Lipinski definition) is 6. The number of ketones is 1. The van der Waals surface area contributed by atoms with E-state index in [1.807, 2.05) is 31.2 Å². The van der Waals surface area contributed by atoms with Crippen LogP contribution in [0.3, 0.4) is 0 Å². The van der Waals surface area contributed by atoms with Crippen LogP contribution in [0, 0.1) is 0 Å². The molecule has 0 bridgehead atoms. The molecular formula is C29H36N2O6. The van der Waals surface area contributed by atoms with Crippen LogP contribution in [0.5, 0.6) is 17.2 Å². The van der Waals surface area contributed by atoms with E-state index in [1.165, 1.54) is 4.90 Å². The number of carbonyl (C=O) groups excluding carboxylic acids is 2. The van der Waals surface area contributed by atoms with Gasteiger partial charge in [0.25, 0.3) is 5.91 Å². The van der Waals surface area contributed by atoms with Crippen molar-refractivity contribution in [1.82, 2.24) is 4.90 Å². The predicted octanol–water partition coefficient (Wildman–Crippen LogP) is 1.79. The molecule has 2 aromatic carbocycles. The summed E-state index contributed by atoms with van der Waals surface area (Å²) in [6.45, 7) is 10.9. The van der Waals surface area contributed by atoms with Crippen molar-refractivity contribution >= 4 is 17.4 Å². The number of rotatable bonds is 11. The van der Waals surface area contributed by atoms with Gasteiger partial charge >= 0.3 is 0 Å². The molecule has 2 aliphatic heterocycles. The lowest BCUT2D eigenvalue weighted by Gasteiger charge is -2.28. The molecule has 1 atom stereocenters. The SMILES string of the molecule is CCCOc1cccc(C2/C(=C(\[O-])c3ccc4c(c3)OCCO4)C(=O)C(=O)N2CCC[NH+](CC)CC)c1. The summed E-state index contributed by atoms with van der Waals surface area (Å²) in [5.74, 6) is -0.207. The first-order valence-corrected chi connectivity index (χ1v) is 13.2. The molecule has 1 fully saturated rings. The summed E-state index contributed by atoms with van der Waals surface area (Å²) in [6.07, 6.45) is 1.58. The standard InChI is InChI=1S/C29H36N2O6/c1-4-15-35-22-10-7-9-20(18-22)26-25(27(32)21-11-12-23-24(19-21)37-17-16-36-23)28(33)29(34)31(26)14-8-13-30(5-2)6-3/h7,9-12,18-19,26,32H,4-6,8,13-17H2,1-3H3/b27-25+. The van der Waals surface area contributed by atoms with Crippen LogP contribution in [0.2, 0.25) is 0 Å². The smallest absolute Gasteiger partial charge is 0.295 e. The van der Waals surface area contributed by atoms with Gasteiger partial charge in [-0.05, 0) is 55.7 Å². The van der Waals surface area contributed by atoms with Gasteiger partial charge in [-0.25, -0.2) is 0 Å². The molecule has 0 saturated carbocycles. The van der Waals surface area contributed by atoms with Crippen molar-refractivity contribution in [3.05, 3.63) is 59.2 Å². The van der Waals surface area contributed by atoms with Gasteiger partial charge in [0.1, 0.15) is 19.0 Å². The summed E-state index contributed by atoms with van der Waals surface area (Å²) in [5, 5.41) is 13.8. The first-order chi connectivity index (χ1) is 18.0. The molecule has 8 nitrogen and oxygen atoms in total. The molecule has 1 amide bonds. The van der Waals surface area contributed by atoms with Crippen molar-refractivity contribution in [1.29, 1.82) is 0 Å². The summed E-state index contributed by atoms with van der Waals surface area (Å²) in [6, 6.07) is 11.4. The summed E-state index contributed by atoms with van der Waals surface area (Å²) >= 11 is 0. The van der Waals surface area contributed by atoms with Crippen molar-refractivity contribution in [2.24, 2.45) is 0 Å². The monoisotopic (exact) mass is 508 g/mol. The fourth-order valence-electron chi connectivity index (χ4n) is 4.88. The number of nitrogens with one attached hydrogen (secondary N) is 1.